The van der Waals surface area contributed by atoms with Crippen LogP contribution in [0.25, 0.3) is 5.82 Å². The zero-order chi connectivity index (χ0) is 15.6. The molecule has 0 amide bonds. The van der Waals surface area contributed by atoms with Crippen molar-refractivity contribution in [1.29, 1.82) is 0 Å². The summed E-state index contributed by atoms with van der Waals surface area (Å²) in [6, 6.07) is 11.3. The Balaban J connectivity index is 1.46. The van der Waals surface area contributed by atoms with Crippen LogP contribution in [0.5, 0.6) is 0 Å². The second-order valence-corrected chi connectivity index (χ2v) is 5.83. The molecule has 1 aliphatic carbocycles. The van der Waals surface area contributed by atoms with E-state index in [1.54, 1.807) is 18.6 Å². The molecule has 0 aliphatic heterocycles. The summed E-state index contributed by atoms with van der Waals surface area (Å²) in [7, 11) is 0. The van der Waals surface area contributed by atoms with Crippen molar-refractivity contribution in [3.05, 3.63) is 72.1 Å². The highest BCUT2D eigenvalue weighted by molar-refractivity contribution is 5.41. The van der Waals surface area contributed by atoms with Crippen LogP contribution in [0.1, 0.15) is 29.9 Å². The van der Waals surface area contributed by atoms with Crippen LogP contribution in [-0.2, 0) is 6.54 Å². The molecule has 2 aromatic heterocycles. The quantitative estimate of drug-likeness (QED) is 0.777. The van der Waals surface area contributed by atoms with Crippen molar-refractivity contribution in [3.63, 3.8) is 0 Å². The van der Waals surface area contributed by atoms with Crippen LogP contribution in [0, 0.1) is 5.82 Å². The van der Waals surface area contributed by atoms with Gasteiger partial charge in [0.15, 0.2) is 0 Å². The molecule has 4 rings (SSSR count). The predicted molar refractivity (Wildman–Crippen MR) is 87.1 cm³/mol. The molecule has 1 fully saturated rings. The van der Waals surface area contributed by atoms with E-state index in [4.69, 9.17) is 0 Å². The summed E-state index contributed by atoms with van der Waals surface area (Å²) in [5.74, 6) is 1.89. The van der Waals surface area contributed by atoms with Crippen LogP contribution in [0.4, 0.5) is 10.2 Å². The lowest BCUT2D eigenvalue weighted by molar-refractivity contribution is 0.609. The van der Waals surface area contributed by atoms with Gasteiger partial charge in [0.2, 0.25) is 0 Å². The van der Waals surface area contributed by atoms with Crippen LogP contribution in [-0.4, -0.2) is 14.5 Å². The summed E-state index contributed by atoms with van der Waals surface area (Å²) in [6.07, 6.45) is 7.49. The molecule has 1 aromatic carbocycles. The van der Waals surface area contributed by atoms with Gasteiger partial charge in [0.05, 0.1) is 0 Å². The van der Waals surface area contributed by atoms with Crippen molar-refractivity contribution in [1.82, 2.24) is 14.5 Å². The Hall–Kier alpha value is -2.69. The molecular weight excluding hydrogens is 291 g/mol. The highest BCUT2D eigenvalue weighted by Crippen LogP contribution is 2.41. The molecule has 2 heterocycles. The number of aromatic nitrogens is 3. The van der Waals surface area contributed by atoms with E-state index >= 15 is 0 Å². The Morgan fingerprint density at radius 3 is 2.87 bits per heavy atom. The van der Waals surface area contributed by atoms with Crippen molar-refractivity contribution in [3.8, 4) is 5.82 Å². The Morgan fingerprint density at radius 2 is 2.13 bits per heavy atom. The number of pyridine rings is 1. The topological polar surface area (TPSA) is 42.7 Å². The van der Waals surface area contributed by atoms with Crippen LogP contribution in [0.3, 0.4) is 0 Å². The van der Waals surface area contributed by atoms with Crippen molar-refractivity contribution in [2.24, 2.45) is 0 Å². The SMILES string of the molecule is Fc1cc(CNc2cccc(-n3ccnc3)n2)ccc1C1CC1. The molecule has 0 bridgehead atoms. The average molecular weight is 308 g/mol. The second-order valence-electron chi connectivity index (χ2n) is 5.83. The highest BCUT2D eigenvalue weighted by Gasteiger charge is 2.26. The minimum Gasteiger partial charge on any atom is -0.366 e. The molecule has 116 valence electrons. The summed E-state index contributed by atoms with van der Waals surface area (Å²) >= 11 is 0. The van der Waals surface area contributed by atoms with E-state index in [2.05, 4.69) is 15.3 Å². The maximum atomic E-state index is 14.1. The molecule has 3 aromatic rings. The standard InChI is InChI=1S/C18H17FN4/c19-16-10-13(4-7-15(16)14-5-6-14)11-21-17-2-1-3-18(22-17)23-9-8-20-12-23/h1-4,7-10,12,14H,5-6,11H2,(H,21,22). The number of anilines is 1. The van der Waals surface area contributed by atoms with E-state index in [0.29, 0.717) is 12.5 Å². The number of hydrogen-bond acceptors (Lipinski definition) is 3. The number of hydrogen-bond donors (Lipinski definition) is 1. The fourth-order valence-electron chi connectivity index (χ4n) is 2.66. The molecule has 0 spiro atoms. The Morgan fingerprint density at radius 1 is 1.22 bits per heavy atom. The molecule has 5 heteroatoms. The Kier molecular flexibility index (Phi) is 3.54. The molecule has 4 nitrogen and oxygen atoms in total. The fourth-order valence-corrected chi connectivity index (χ4v) is 2.66. The predicted octanol–water partition coefficient (Wildman–Crippen LogP) is 3.90. The molecule has 0 atom stereocenters. The number of rotatable bonds is 5. The molecule has 0 radical (unpaired) electrons. The van der Waals surface area contributed by atoms with E-state index < -0.39 is 0 Å². The molecule has 1 N–H and O–H groups in total. The van der Waals surface area contributed by atoms with Gasteiger partial charge in [-0.3, -0.25) is 4.57 Å². The van der Waals surface area contributed by atoms with Gasteiger partial charge in [0.1, 0.15) is 23.8 Å². The third-order valence-corrected chi connectivity index (χ3v) is 4.06. The fraction of sp³-hybridized carbons (Fsp3) is 0.222. The zero-order valence-electron chi connectivity index (χ0n) is 12.6. The third-order valence-electron chi connectivity index (χ3n) is 4.06. The average Bonchev–Trinajstić information content (AvgIpc) is 3.26. The van der Waals surface area contributed by atoms with Crippen LogP contribution in [0.15, 0.2) is 55.1 Å². The van der Waals surface area contributed by atoms with Gasteiger partial charge in [-0.25, -0.2) is 14.4 Å². The first-order chi connectivity index (χ1) is 11.3. The smallest absolute Gasteiger partial charge is 0.140 e. The van der Waals surface area contributed by atoms with Gasteiger partial charge in [0.25, 0.3) is 0 Å². The number of imidazole rings is 1. The number of nitrogens with one attached hydrogen (secondary N) is 1. The van der Waals surface area contributed by atoms with Gasteiger partial charge in [-0.2, -0.15) is 0 Å². The van der Waals surface area contributed by atoms with E-state index in [-0.39, 0.29) is 5.82 Å². The van der Waals surface area contributed by atoms with Crippen LogP contribution >= 0.6 is 0 Å². The second kappa shape index (κ2) is 5.83. The Labute approximate surface area is 134 Å². The minimum atomic E-state index is -0.0908. The van der Waals surface area contributed by atoms with Crippen molar-refractivity contribution in [2.45, 2.75) is 25.3 Å². The van der Waals surface area contributed by atoms with E-state index in [9.17, 15) is 4.39 Å². The first kappa shape index (κ1) is 13.9. The molecule has 1 aliphatic rings. The van der Waals surface area contributed by atoms with Crippen molar-refractivity contribution < 1.29 is 4.39 Å². The maximum Gasteiger partial charge on any atom is 0.140 e. The van der Waals surface area contributed by atoms with Crippen molar-refractivity contribution >= 4 is 5.82 Å². The summed E-state index contributed by atoms with van der Waals surface area (Å²) < 4.78 is 15.9. The summed E-state index contributed by atoms with van der Waals surface area (Å²) in [5, 5.41) is 3.24. The van der Waals surface area contributed by atoms with Gasteiger partial charge in [-0.1, -0.05) is 18.2 Å². The first-order valence-electron chi connectivity index (χ1n) is 7.77. The third kappa shape index (κ3) is 3.08. The number of nitrogens with zero attached hydrogens (tertiary/aromatic N) is 3. The molecule has 0 unspecified atom stereocenters. The van der Waals surface area contributed by atoms with Crippen molar-refractivity contribution in [2.75, 3.05) is 5.32 Å². The summed E-state index contributed by atoms with van der Waals surface area (Å²) in [5.41, 5.74) is 1.77. The highest BCUT2D eigenvalue weighted by atomic mass is 19.1. The largest absolute Gasteiger partial charge is 0.366 e. The Bertz CT molecular complexity index is 810. The summed E-state index contributed by atoms with van der Waals surface area (Å²) in [4.78, 5) is 8.55. The van der Waals surface area contributed by atoms with Gasteiger partial charge in [-0.05, 0) is 48.1 Å². The summed E-state index contributed by atoms with van der Waals surface area (Å²) in [6.45, 7) is 0.544. The monoisotopic (exact) mass is 308 g/mol. The van der Waals surface area contributed by atoms with E-state index in [0.717, 1.165) is 35.6 Å². The van der Waals surface area contributed by atoms with Gasteiger partial charge in [-0.15, -0.1) is 0 Å². The van der Waals surface area contributed by atoms with Gasteiger partial charge in [0, 0.05) is 18.9 Å². The zero-order valence-corrected chi connectivity index (χ0v) is 12.6. The number of benzene rings is 1. The molecular formula is C18H17FN4. The lowest BCUT2D eigenvalue weighted by Crippen LogP contribution is -2.04. The minimum absolute atomic E-state index is 0.0908. The van der Waals surface area contributed by atoms with Crippen LogP contribution in [0.2, 0.25) is 0 Å². The molecule has 0 saturated heterocycles. The maximum absolute atomic E-state index is 14.1. The van der Waals surface area contributed by atoms with Gasteiger partial charge < -0.3 is 5.32 Å². The molecule has 1 saturated carbocycles. The normalized spacial score (nSPS) is 14.0. The van der Waals surface area contributed by atoms with E-state index in [1.807, 2.05) is 41.1 Å². The number of halogens is 1. The van der Waals surface area contributed by atoms with Crippen LogP contribution < -0.4 is 5.32 Å². The lowest BCUT2D eigenvalue weighted by Gasteiger charge is -2.09. The lowest BCUT2D eigenvalue weighted by atomic mass is 10.1. The first-order valence-corrected chi connectivity index (χ1v) is 7.77. The molecule has 23 heavy (non-hydrogen) atoms. The van der Waals surface area contributed by atoms with Gasteiger partial charge >= 0.3 is 0 Å². The van der Waals surface area contributed by atoms with E-state index in [1.165, 1.54) is 0 Å².